The predicted molar refractivity (Wildman–Crippen MR) is 155 cm³/mol. The second-order valence-electron chi connectivity index (χ2n) is 10.3. The zero-order chi connectivity index (χ0) is 29.4. The van der Waals surface area contributed by atoms with Gasteiger partial charge in [-0.3, -0.25) is 0 Å². The van der Waals surface area contributed by atoms with E-state index in [4.69, 9.17) is 22.1 Å². The summed E-state index contributed by atoms with van der Waals surface area (Å²) in [6.45, 7) is 0.821. The number of alkyl halides is 2. The van der Waals surface area contributed by atoms with Gasteiger partial charge in [0.25, 0.3) is 5.92 Å². The number of halogens is 3. The lowest BCUT2D eigenvalue weighted by Crippen LogP contribution is -2.33. The summed E-state index contributed by atoms with van der Waals surface area (Å²) in [6.07, 6.45) is 5.00. The third-order valence-electron chi connectivity index (χ3n) is 7.19. The molecule has 2 aromatic heterocycles. The van der Waals surface area contributed by atoms with Gasteiger partial charge in [-0.15, -0.1) is 0 Å². The standard InChI is InChI=1S/C29H30ClF2N5O3S/c1-29(31,32)23-14-17(13-18-15-34-28(37-26(18)23)36-20-9-7-19(33)8-10-20)22-12-11-21(35-27(22)40-2)16-41(38,39)25-6-4-3-5-24(25)30/h3-6,11-15,19-20H,7-10,16,33H2,1-2H3,(H,34,36,37). The van der Waals surface area contributed by atoms with Gasteiger partial charge in [-0.1, -0.05) is 23.7 Å². The highest BCUT2D eigenvalue weighted by molar-refractivity contribution is 7.90. The molecule has 3 N–H and O–H groups in total. The number of pyridine rings is 1. The van der Waals surface area contributed by atoms with E-state index >= 15 is 0 Å². The maximum Gasteiger partial charge on any atom is 0.272 e. The van der Waals surface area contributed by atoms with Crippen LogP contribution < -0.4 is 15.8 Å². The van der Waals surface area contributed by atoms with Crippen molar-refractivity contribution in [3.8, 4) is 17.0 Å². The summed E-state index contributed by atoms with van der Waals surface area (Å²) in [6, 6.07) is 12.7. The molecule has 41 heavy (non-hydrogen) atoms. The van der Waals surface area contributed by atoms with E-state index in [1.54, 1.807) is 24.3 Å². The Balaban J connectivity index is 1.50. The van der Waals surface area contributed by atoms with Crippen molar-refractivity contribution in [3.63, 3.8) is 0 Å². The van der Waals surface area contributed by atoms with Crippen molar-refractivity contribution in [2.75, 3.05) is 12.4 Å². The number of sulfone groups is 1. The first-order valence-corrected chi connectivity index (χ1v) is 15.2. The molecule has 2 heterocycles. The molecule has 0 amide bonds. The van der Waals surface area contributed by atoms with E-state index in [9.17, 15) is 17.2 Å². The van der Waals surface area contributed by atoms with Gasteiger partial charge in [0.05, 0.1) is 34.0 Å². The number of anilines is 1. The molecule has 2 aromatic carbocycles. The third kappa shape index (κ3) is 6.42. The molecule has 8 nitrogen and oxygen atoms in total. The van der Waals surface area contributed by atoms with E-state index < -0.39 is 21.5 Å². The molecule has 1 fully saturated rings. The quantitative estimate of drug-likeness (QED) is 0.248. The molecule has 5 rings (SSSR count). The molecule has 0 unspecified atom stereocenters. The average Bonchev–Trinajstić information content (AvgIpc) is 2.93. The number of methoxy groups -OCH3 is 1. The Bertz CT molecular complexity index is 1690. The molecular formula is C29H30ClF2N5O3S. The van der Waals surface area contributed by atoms with Crippen LogP contribution in [-0.4, -0.2) is 42.6 Å². The average molecular weight is 602 g/mol. The number of aromatic nitrogens is 3. The molecule has 0 bridgehead atoms. The van der Waals surface area contributed by atoms with Crippen LogP contribution in [0.3, 0.4) is 0 Å². The second kappa shape index (κ2) is 11.5. The number of hydrogen-bond acceptors (Lipinski definition) is 8. The molecule has 0 spiro atoms. The minimum absolute atomic E-state index is 0.00298. The summed E-state index contributed by atoms with van der Waals surface area (Å²) in [7, 11) is -2.41. The van der Waals surface area contributed by atoms with E-state index in [-0.39, 0.29) is 44.7 Å². The highest BCUT2D eigenvalue weighted by atomic mass is 35.5. The maximum absolute atomic E-state index is 14.9. The van der Waals surface area contributed by atoms with Gasteiger partial charge in [0.1, 0.15) is 0 Å². The predicted octanol–water partition coefficient (Wildman–Crippen LogP) is 6.12. The number of benzene rings is 2. The highest BCUT2D eigenvalue weighted by Gasteiger charge is 2.30. The highest BCUT2D eigenvalue weighted by Crippen LogP contribution is 2.39. The fourth-order valence-electron chi connectivity index (χ4n) is 5.06. The van der Waals surface area contributed by atoms with E-state index in [0.29, 0.717) is 22.5 Å². The molecule has 1 aliphatic rings. The van der Waals surface area contributed by atoms with Gasteiger partial charge in [0.15, 0.2) is 9.84 Å². The molecule has 0 radical (unpaired) electrons. The fraction of sp³-hybridized carbons (Fsp3) is 0.345. The van der Waals surface area contributed by atoms with Crippen molar-refractivity contribution in [1.29, 1.82) is 0 Å². The minimum Gasteiger partial charge on any atom is -0.481 e. The summed E-state index contributed by atoms with van der Waals surface area (Å²) < 4.78 is 61.3. The summed E-state index contributed by atoms with van der Waals surface area (Å²) >= 11 is 6.10. The summed E-state index contributed by atoms with van der Waals surface area (Å²) in [5.41, 5.74) is 6.90. The van der Waals surface area contributed by atoms with Crippen molar-refractivity contribution in [1.82, 2.24) is 15.0 Å². The lowest BCUT2D eigenvalue weighted by atomic mass is 9.92. The van der Waals surface area contributed by atoms with Crippen LogP contribution in [0, 0.1) is 0 Å². The van der Waals surface area contributed by atoms with Crippen molar-refractivity contribution in [2.45, 2.75) is 61.3 Å². The number of hydrogen-bond donors (Lipinski definition) is 2. The van der Waals surface area contributed by atoms with Crippen LogP contribution in [0.1, 0.15) is 43.9 Å². The number of fused-ring (bicyclic) bond motifs is 1. The number of rotatable bonds is 8. The van der Waals surface area contributed by atoms with Crippen LogP contribution in [0.5, 0.6) is 5.88 Å². The topological polar surface area (TPSA) is 120 Å². The Labute approximate surface area is 242 Å². The molecule has 1 aliphatic carbocycles. The van der Waals surface area contributed by atoms with E-state index in [1.807, 2.05) is 0 Å². The fourth-order valence-corrected chi connectivity index (χ4v) is 6.90. The van der Waals surface area contributed by atoms with E-state index in [2.05, 4.69) is 20.3 Å². The third-order valence-corrected chi connectivity index (χ3v) is 9.34. The van der Waals surface area contributed by atoms with Crippen molar-refractivity contribution in [2.24, 2.45) is 5.73 Å². The van der Waals surface area contributed by atoms with Gasteiger partial charge in [0, 0.05) is 41.7 Å². The normalized spacial score (nSPS) is 17.9. The molecular weight excluding hydrogens is 572 g/mol. The Morgan fingerprint density at radius 3 is 2.51 bits per heavy atom. The lowest BCUT2D eigenvalue weighted by molar-refractivity contribution is 0.0189. The number of ether oxygens (including phenoxy) is 1. The molecule has 1 saturated carbocycles. The SMILES string of the molecule is COc1nc(CS(=O)(=O)c2ccccc2Cl)ccc1-c1cc(C(C)(F)F)c2nc(NC3CCC(N)CC3)ncc2c1. The van der Waals surface area contributed by atoms with Gasteiger partial charge in [-0.2, -0.15) is 0 Å². The van der Waals surface area contributed by atoms with Crippen LogP contribution in [0.15, 0.2) is 59.6 Å². The largest absolute Gasteiger partial charge is 0.481 e. The van der Waals surface area contributed by atoms with Crippen LogP contribution >= 0.6 is 11.6 Å². The van der Waals surface area contributed by atoms with Gasteiger partial charge in [-0.05, 0) is 67.6 Å². The lowest BCUT2D eigenvalue weighted by Gasteiger charge is -2.27. The maximum atomic E-state index is 14.9. The number of nitrogens with zero attached hydrogens (tertiary/aromatic N) is 3. The first-order valence-electron chi connectivity index (χ1n) is 13.2. The Morgan fingerprint density at radius 1 is 1.10 bits per heavy atom. The van der Waals surface area contributed by atoms with Crippen LogP contribution in [0.2, 0.25) is 5.02 Å². The second-order valence-corrected chi connectivity index (χ2v) is 12.7. The van der Waals surface area contributed by atoms with Crippen molar-refractivity contribution < 1.29 is 21.9 Å². The number of nitrogens with one attached hydrogen (secondary N) is 1. The first-order chi connectivity index (χ1) is 19.4. The van der Waals surface area contributed by atoms with Gasteiger partial charge in [-0.25, -0.2) is 32.2 Å². The minimum atomic E-state index is -3.80. The van der Waals surface area contributed by atoms with Gasteiger partial charge < -0.3 is 15.8 Å². The monoisotopic (exact) mass is 601 g/mol. The Morgan fingerprint density at radius 2 is 1.83 bits per heavy atom. The van der Waals surface area contributed by atoms with Crippen LogP contribution in [-0.2, 0) is 21.5 Å². The zero-order valence-electron chi connectivity index (χ0n) is 22.6. The molecule has 0 aliphatic heterocycles. The van der Waals surface area contributed by atoms with Gasteiger partial charge in [0.2, 0.25) is 11.8 Å². The van der Waals surface area contributed by atoms with Gasteiger partial charge >= 0.3 is 0 Å². The zero-order valence-corrected chi connectivity index (χ0v) is 24.1. The van der Waals surface area contributed by atoms with E-state index in [0.717, 1.165) is 32.6 Å². The molecule has 0 saturated heterocycles. The number of nitrogens with two attached hydrogens (primary N) is 1. The molecule has 0 atom stereocenters. The summed E-state index contributed by atoms with van der Waals surface area (Å²) in [5, 5.41) is 3.80. The van der Waals surface area contributed by atoms with Crippen LogP contribution in [0.4, 0.5) is 14.7 Å². The first kappa shape index (κ1) is 29.1. The van der Waals surface area contributed by atoms with Crippen molar-refractivity contribution >= 4 is 38.3 Å². The van der Waals surface area contributed by atoms with Crippen molar-refractivity contribution in [3.05, 3.63) is 71.0 Å². The summed E-state index contributed by atoms with van der Waals surface area (Å²) in [5.74, 6) is -3.24. The Kier molecular flexibility index (Phi) is 8.13. The molecule has 12 heteroatoms. The smallest absolute Gasteiger partial charge is 0.272 e. The van der Waals surface area contributed by atoms with E-state index in [1.165, 1.54) is 37.6 Å². The molecule has 216 valence electrons. The van der Waals surface area contributed by atoms with Crippen LogP contribution in [0.25, 0.3) is 22.0 Å². The molecule has 4 aromatic rings. The Hall–Kier alpha value is -3.41. The summed E-state index contributed by atoms with van der Waals surface area (Å²) in [4.78, 5) is 13.2.